The van der Waals surface area contributed by atoms with Gasteiger partial charge in [-0.1, -0.05) is 12.1 Å². The average molecular weight is 229 g/mol. The fourth-order valence-corrected chi connectivity index (χ4v) is 1.65. The van der Waals surface area contributed by atoms with Crippen LogP contribution in [0.25, 0.3) is 0 Å². The van der Waals surface area contributed by atoms with Crippen molar-refractivity contribution in [1.29, 1.82) is 0 Å². The summed E-state index contributed by atoms with van der Waals surface area (Å²) in [4.78, 5) is 12.1. The number of anilines is 1. The van der Waals surface area contributed by atoms with Gasteiger partial charge >= 0.3 is 0 Å². The van der Waals surface area contributed by atoms with E-state index in [1.54, 1.807) is 31.2 Å². The molecule has 2 aromatic rings. The third kappa shape index (κ3) is 2.18. The van der Waals surface area contributed by atoms with Crippen LogP contribution in [-0.2, 0) is 0 Å². The van der Waals surface area contributed by atoms with Crippen LogP contribution in [0, 0.1) is 12.7 Å². The van der Waals surface area contributed by atoms with Gasteiger partial charge in [-0.05, 0) is 42.8 Å². The van der Waals surface area contributed by atoms with Crippen LogP contribution in [0.2, 0.25) is 0 Å². The van der Waals surface area contributed by atoms with Crippen molar-refractivity contribution in [2.75, 3.05) is 5.73 Å². The van der Waals surface area contributed by atoms with Gasteiger partial charge in [-0.25, -0.2) is 4.39 Å². The molecule has 2 rings (SSSR count). The molecule has 2 aromatic carbocycles. The highest BCUT2D eigenvalue weighted by Gasteiger charge is 2.12. The Kier molecular flexibility index (Phi) is 2.91. The maximum Gasteiger partial charge on any atom is 0.195 e. The number of rotatable bonds is 2. The topological polar surface area (TPSA) is 43.1 Å². The van der Waals surface area contributed by atoms with Gasteiger partial charge in [0.05, 0.1) is 0 Å². The molecule has 0 amide bonds. The lowest BCUT2D eigenvalue weighted by atomic mass is 10.0. The molecular formula is C14H12FNO. The van der Waals surface area contributed by atoms with E-state index in [-0.39, 0.29) is 11.6 Å². The number of aryl methyl sites for hydroxylation is 1. The van der Waals surface area contributed by atoms with E-state index in [1.807, 2.05) is 0 Å². The van der Waals surface area contributed by atoms with Crippen molar-refractivity contribution in [2.24, 2.45) is 0 Å². The zero-order valence-corrected chi connectivity index (χ0v) is 9.41. The largest absolute Gasteiger partial charge is 0.398 e. The Hall–Kier alpha value is -2.16. The fraction of sp³-hybridized carbons (Fsp3) is 0.0714. The second kappa shape index (κ2) is 4.37. The van der Waals surface area contributed by atoms with Crippen molar-refractivity contribution < 1.29 is 9.18 Å². The second-order valence-electron chi connectivity index (χ2n) is 3.88. The predicted octanol–water partition coefficient (Wildman–Crippen LogP) is 2.95. The van der Waals surface area contributed by atoms with Crippen molar-refractivity contribution in [1.82, 2.24) is 0 Å². The molecule has 2 N–H and O–H groups in total. The van der Waals surface area contributed by atoms with Crippen LogP contribution in [0.3, 0.4) is 0 Å². The number of carbonyl (C=O) groups excluding carboxylic acids is 1. The minimum absolute atomic E-state index is 0.189. The van der Waals surface area contributed by atoms with Crippen molar-refractivity contribution >= 4 is 11.5 Å². The van der Waals surface area contributed by atoms with Crippen LogP contribution in [-0.4, -0.2) is 5.78 Å². The van der Waals surface area contributed by atoms with Crippen LogP contribution in [0.15, 0.2) is 42.5 Å². The van der Waals surface area contributed by atoms with E-state index in [9.17, 15) is 9.18 Å². The molecule has 0 fully saturated rings. The molecule has 2 nitrogen and oxygen atoms in total. The summed E-state index contributed by atoms with van der Waals surface area (Å²) in [5, 5.41) is 0. The molecular weight excluding hydrogens is 217 g/mol. The summed E-state index contributed by atoms with van der Waals surface area (Å²) in [5.74, 6) is -0.506. The Morgan fingerprint density at radius 3 is 2.53 bits per heavy atom. The van der Waals surface area contributed by atoms with Crippen LogP contribution < -0.4 is 5.73 Å². The summed E-state index contributed by atoms with van der Waals surface area (Å²) in [6.45, 7) is 1.63. The second-order valence-corrected chi connectivity index (χ2v) is 3.88. The van der Waals surface area contributed by atoms with Crippen LogP contribution in [0.4, 0.5) is 10.1 Å². The zero-order chi connectivity index (χ0) is 12.4. The third-order valence-electron chi connectivity index (χ3n) is 2.63. The monoisotopic (exact) mass is 229 g/mol. The van der Waals surface area contributed by atoms with Crippen LogP contribution in [0.1, 0.15) is 21.5 Å². The molecule has 0 spiro atoms. The van der Waals surface area contributed by atoms with Gasteiger partial charge < -0.3 is 5.73 Å². The first kappa shape index (κ1) is 11.3. The molecule has 0 radical (unpaired) electrons. The van der Waals surface area contributed by atoms with Crippen molar-refractivity contribution in [3.05, 3.63) is 65.0 Å². The number of nitrogen functional groups attached to an aromatic ring is 1. The lowest BCUT2D eigenvalue weighted by Crippen LogP contribution is -2.05. The van der Waals surface area contributed by atoms with E-state index >= 15 is 0 Å². The van der Waals surface area contributed by atoms with E-state index in [0.29, 0.717) is 22.4 Å². The Labute approximate surface area is 98.9 Å². The molecule has 0 aliphatic heterocycles. The standard InChI is InChI=1S/C14H12FNO/c1-9-8-10(6-7-12(9)15)14(17)11-4-2-3-5-13(11)16/h2-8H,16H2,1H3. The number of carbonyl (C=O) groups is 1. The lowest BCUT2D eigenvalue weighted by molar-refractivity contribution is 0.103. The molecule has 0 aromatic heterocycles. The highest BCUT2D eigenvalue weighted by atomic mass is 19.1. The SMILES string of the molecule is Cc1cc(C(=O)c2ccccc2N)ccc1F. The normalized spacial score (nSPS) is 10.2. The van der Waals surface area contributed by atoms with Gasteiger partial charge in [-0.2, -0.15) is 0 Å². The molecule has 0 saturated heterocycles. The van der Waals surface area contributed by atoms with E-state index in [0.717, 1.165) is 0 Å². The number of hydrogen-bond donors (Lipinski definition) is 1. The van der Waals surface area contributed by atoms with Gasteiger partial charge in [-0.3, -0.25) is 4.79 Å². The highest BCUT2D eigenvalue weighted by molar-refractivity contribution is 6.12. The van der Waals surface area contributed by atoms with Gasteiger partial charge in [0.25, 0.3) is 0 Å². The van der Waals surface area contributed by atoms with Crippen molar-refractivity contribution in [3.63, 3.8) is 0 Å². The summed E-state index contributed by atoms with van der Waals surface area (Å²) in [6.07, 6.45) is 0. The Morgan fingerprint density at radius 1 is 1.18 bits per heavy atom. The average Bonchev–Trinajstić information content (AvgIpc) is 2.32. The van der Waals surface area contributed by atoms with Crippen LogP contribution in [0.5, 0.6) is 0 Å². The number of halogens is 1. The molecule has 3 heteroatoms. The van der Waals surface area contributed by atoms with Gasteiger partial charge in [-0.15, -0.1) is 0 Å². The first-order chi connectivity index (χ1) is 8.09. The number of ketones is 1. The minimum atomic E-state index is -0.317. The lowest BCUT2D eigenvalue weighted by Gasteiger charge is -2.05. The molecule has 0 saturated carbocycles. The fourth-order valence-electron chi connectivity index (χ4n) is 1.65. The molecule has 17 heavy (non-hydrogen) atoms. The van der Waals surface area contributed by atoms with Gasteiger partial charge in [0.2, 0.25) is 0 Å². The van der Waals surface area contributed by atoms with Crippen LogP contribution >= 0.6 is 0 Å². The summed E-state index contributed by atoms with van der Waals surface area (Å²) in [7, 11) is 0. The third-order valence-corrected chi connectivity index (χ3v) is 2.63. The van der Waals surface area contributed by atoms with E-state index < -0.39 is 0 Å². The molecule has 0 aliphatic carbocycles. The Balaban J connectivity index is 2.44. The molecule has 0 atom stereocenters. The maximum atomic E-state index is 13.1. The Bertz CT molecular complexity index is 578. The Morgan fingerprint density at radius 2 is 1.88 bits per heavy atom. The van der Waals surface area contributed by atoms with Crippen molar-refractivity contribution in [3.8, 4) is 0 Å². The zero-order valence-electron chi connectivity index (χ0n) is 9.41. The first-order valence-corrected chi connectivity index (χ1v) is 5.25. The molecule has 86 valence electrons. The summed E-state index contributed by atoms with van der Waals surface area (Å²) in [5.41, 5.74) is 7.50. The van der Waals surface area contributed by atoms with E-state index in [4.69, 9.17) is 5.73 Å². The van der Waals surface area contributed by atoms with Gasteiger partial charge in [0.1, 0.15) is 5.82 Å². The smallest absolute Gasteiger partial charge is 0.195 e. The van der Waals surface area contributed by atoms with Gasteiger partial charge in [0, 0.05) is 16.8 Å². The highest BCUT2D eigenvalue weighted by Crippen LogP contribution is 2.18. The maximum absolute atomic E-state index is 13.1. The van der Waals surface area contributed by atoms with E-state index in [2.05, 4.69) is 0 Å². The first-order valence-electron chi connectivity index (χ1n) is 5.25. The predicted molar refractivity (Wildman–Crippen MR) is 65.4 cm³/mol. The van der Waals surface area contributed by atoms with Crippen molar-refractivity contribution in [2.45, 2.75) is 6.92 Å². The van der Waals surface area contributed by atoms with E-state index in [1.165, 1.54) is 18.2 Å². The summed E-state index contributed by atoms with van der Waals surface area (Å²) < 4.78 is 13.1. The number of hydrogen-bond acceptors (Lipinski definition) is 2. The minimum Gasteiger partial charge on any atom is -0.398 e. The van der Waals surface area contributed by atoms with Gasteiger partial charge in [0.15, 0.2) is 5.78 Å². The molecule has 0 heterocycles. The number of benzene rings is 2. The number of nitrogens with two attached hydrogens (primary N) is 1. The number of para-hydroxylation sites is 1. The quantitative estimate of drug-likeness (QED) is 0.635. The molecule has 0 unspecified atom stereocenters. The summed E-state index contributed by atoms with van der Waals surface area (Å²) in [6, 6.07) is 11.1. The molecule has 0 bridgehead atoms. The molecule has 0 aliphatic rings. The summed E-state index contributed by atoms with van der Waals surface area (Å²) >= 11 is 0.